The van der Waals surface area contributed by atoms with E-state index in [0.717, 1.165) is 5.56 Å². The first-order valence-corrected chi connectivity index (χ1v) is 7.38. The predicted molar refractivity (Wildman–Crippen MR) is 69.5 cm³/mol. The van der Waals surface area contributed by atoms with Crippen LogP contribution in [0.1, 0.15) is 19.4 Å². The van der Waals surface area contributed by atoms with Gasteiger partial charge in [0, 0.05) is 24.9 Å². The molecule has 0 unspecified atom stereocenters. The van der Waals surface area contributed by atoms with Crippen molar-refractivity contribution >= 4 is 9.84 Å². The second-order valence-corrected chi connectivity index (χ2v) is 6.87. The third-order valence-corrected chi connectivity index (χ3v) is 3.76. The van der Waals surface area contributed by atoms with E-state index in [1.165, 1.54) is 6.26 Å². The molecule has 0 fully saturated rings. The highest BCUT2D eigenvalue weighted by Crippen LogP contribution is 2.11. The molecule has 0 heterocycles. The highest BCUT2D eigenvalue weighted by atomic mass is 32.2. The normalized spacial score (nSPS) is 12.7. The molecule has 4 nitrogen and oxygen atoms in total. The summed E-state index contributed by atoms with van der Waals surface area (Å²) in [6.45, 7) is 5.28. The Labute approximate surface area is 103 Å². The minimum absolute atomic E-state index is 0.116. The van der Waals surface area contributed by atoms with Crippen molar-refractivity contribution in [3.05, 3.63) is 29.8 Å². The zero-order valence-electron chi connectivity index (χ0n) is 10.5. The van der Waals surface area contributed by atoms with Crippen LogP contribution in [0.5, 0.6) is 0 Å². The van der Waals surface area contributed by atoms with Crippen molar-refractivity contribution in [3.63, 3.8) is 0 Å². The molecule has 0 saturated carbocycles. The van der Waals surface area contributed by atoms with Gasteiger partial charge in [-0.25, -0.2) is 8.42 Å². The lowest BCUT2D eigenvalue weighted by atomic mass is 10.1. The Hall–Kier alpha value is -0.910. The number of rotatable bonds is 5. The summed E-state index contributed by atoms with van der Waals surface area (Å²) in [5.74, 6) is 0. The molecule has 0 saturated heterocycles. The van der Waals surface area contributed by atoms with Crippen molar-refractivity contribution in [2.75, 3.05) is 12.8 Å². The minimum Gasteiger partial charge on any atom is -0.329 e. The lowest BCUT2D eigenvalue weighted by Crippen LogP contribution is -2.45. The first-order valence-electron chi connectivity index (χ1n) is 5.49. The second-order valence-electron chi connectivity index (χ2n) is 4.86. The second kappa shape index (κ2) is 5.16. The van der Waals surface area contributed by atoms with Gasteiger partial charge in [0.25, 0.3) is 0 Å². The maximum Gasteiger partial charge on any atom is 0.175 e. The quantitative estimate of drug-likeness (QED) is 0.821. The molecule has 0 aromatic heterocycles. The number of hydrogen-bond donors (Lipinski definition) is 2. The fraction of sp³-hybridized carbons (Fsp3) is 0.500. The number of nitrogens with two attached hydrogens (primary N) is 1. The lowest BCUT2D eigenvalue weighted by molar-refractivity contribution is 0.396. The molecule has 0 spiro atoms. The van der Waals surface area contributed by atoms with Gasteiger partial charge in [0.2, 0.25) is 0 Å². The summed E-state index contributed by atoms with van der Waals surface area (Å²) in [4.78, 5) is 0.347. The fourth-order valence-electron chi connectivity index (χ4n) is 1.27. The summed E-state index contributed by atoms with van der Waals surface area (Å²) in [5, 5.41) is 3.31. The van der Waals surface area contributed by atoms with Crippen LogP contribution >= 0.6 is 0 Å². The predicted octanol–water partition coefficient (Wildman–Crippen LogP) is 0.917. The lowest BCUT2D eigenvalue weighted by Gasteiger charge is -2.24. The van der Waals surface area contributed by atoms with Crippen molar-refractivity contribution in [2.45, 2.75) is 30.8 Å². The van der Waals surface area contributed by atoms with E-state index in [0.29, 0.717) is 18.0 Å². The van der Waals surface area contributed by atoms with Gasteiger partial charge in [-0.1, -0.05) is 12.1 Å². The van der Waals surface area contributed by atoms with Gasteiger partial charge in [0.1, 0.15) is 0 Å². The maximum absolute atomic E-state index is 11.3. The molecule has 0 aliphatic carbocycles. The minimum atomic E-state index is -3.11. The molecule has 0 atom stereocenters. The van der Waals surface area contributed by atoms with Crippen LogP contribution in [0.4, 0.5) is 0 Å². The van der Waals surface area contributed by atoms with Crippen LogP contribution in [-0.4, -0.2) is 26.8 Å². The smallest absolute Gasteiger partial charge is 0.175 e. The maximum atomic E-state index is 11.3. The van der Waals surface area contributed by atoms with E-state index in [-0.39, 0.29) is 5.54 Å². The van der Waals surface area contributed by atoms with E-state index in [1.54, 1.807) is 12.1 Å². The van der Waals surface area contributed by atoms with Crippen molar-refractivity contribution in [2.24, 2.45) is 5.73 Å². The SMILES string of the molecule is CC(C)(CN)NCc1ccc(S(C)(=O)=O)cc1. The number of nitrogens with one attached hydrogen (secondary N) is 1. The molecule has 5 heteroatoms. The Morgan fingerprint density at radius 1 is 1.24 bits per heavy atom. The van der Waals surface area contributed by atoms with Crippen molar-refractivity contribution in [1.82, 2.24) is 5.32 Å². The van der Waals surface area contributed by atoms with Crippen LogP contribution in [0.15, 0.2) is 29.2 Å². The number of sulfone groups is 1. The average molecular weight is 256 g/mol. The third-order valence-electron chi connectivity index (χ3n) is 2.63. The molecule has 3 N–H and O–H groups in total. The van der Waals surface area contributed by atoms with Crippen LogP contribution < -0.4 is 11.1 Å². The molecule has 0 aliphatic rings. The van der Waals surface area contributed by atoms with Crippen LogP contribution in [-0.2, 0) is 16.4 Å². The van der Waals surface area contributed by atoms with E-state index >= 15 is 0 Å². The molecule has 0 aliphatic heterocycles. The largest absolute Gasteiger partial charge is 0.329 e. The first kappa shape index (κ1) is 14.2. The molecule has 17 heavy (non-hydrogen) atoms. The van der Waals surface area contributed by atoms with Crippen LogP contribution in [0.2, 0.25) is 0 Å². The first-order chi connectivity index (χ1) is 7.74. The molecular formula is C12H20N2O2S. The van der Waals surface area contributed by atoms with Gasteiger partial charge in [0.15, 0.2) is 9.84 Å². The molecule has 96 valence electrons. The van der Waals surface area contributed by atoms with Gasteiger partial charge >= 0.3 is 0 Å². The van der Waals surface area contributed by atoms with Gasteiger partial charge in [-0.05, 0) is 31.5 Å². The average Bonchev–Trinajstić information content (AvgIpc) is 2.26. The summed E-state index contributed by atoms with van der Waals surface area (Å²) in [6, 6.07) is 6.88. The highest BCUT2D eigenvalue weighted by Gasteiger charge is 2.14. The van der Waals surface area contributed by atoms with E-state index in [4.69, 9.17) is 5.73 Å². The fourth-order valence-corrected chi connectivity index (χ4v) is 1.90. The Bertz CT molecular complexity index is 464. The van der Waals surface area contributed by atoms with Crippen molar-refractivity contribution in [1.29, 1.82) is 0 Å². The van der Waals surface area contributed by atoms with Gasteiger partial charge in [0.05, 0.1) is 4.90 Å². The van der Waals surface area contributed by atoms with Gasteiger partial charge < -0.3 is 11.1 Å². The summed E-state index contributed by atoms with van der Waals surface area (Å²) in [7, 11) is -3.11. The molecule has 0 bridgehead atoms. The molecular weight excluding hydrogens is 236 g/mol. The van der Waals surface area contributed by atoms with Crippen molar-refractivity contribution in [3.8, 4) is 0 Å². The zero-order chi connectivity index (χ0) is 13.1. The molecule has 0 amide bonds. The summed E-state index contributed by atoms with van der Waals surface area (Å²) >= 11 is 0. The van der Waals surface area contributed by atoms with E-state index < -0.39 is 9.84 Å². The summed E-state index contributed by atoms with van der Waals surface area (Å²) in [5.41, 5.74) is 6.53. The van der Waals surface area contributed by atoms with Crippen LogP contribution in [0.25, 0.3) is 0 Å². The van der Waals surface area contributed by atoms with Gasteiger partial charge in [-0.2, -0.15) is 0 Å². The van der Waals surface area contributed by atoms with Gasteiger partial charge in [-0.3, -0.25) is 0 Å². The van der Waals surface area contributed by atoms with Gasteiger partial charge in [-0.15, -0.1) is 0 Å². The Kier molecular flexibility index (Phi) is 4.30. The van der Waals surface area contributed by atoms with Crippen LogP contribution in [0.3, 0.4) is 0 Å². The molecule has 1 rings (SSSR count). The summed E-state index contributed by atoms with van der Waals surface area (Å²) in [6.07, 6.45) is 1.21. The van der Waals surface area contributed by atoms with Crippen molar-refractivity contribution < 1.29 is 8.42 Å². The molecule has 1 aromatic carbocycles. The highest BCUT2D eigenvalue weighted by molar-refractivity contribution is 7.90. The topological polar surface area (TPSA) is 72.2 Å². The Morgan fingerprint density at radius 3 is 2.18 bits per heavy atom. The number of benzene rings is 1. The number of hydrogen-bond acceptors (Lipinski definition) is 4. The standard InChI is InChI=1S/C12H20N2O2S/c1-12(2,9-13)14-8-10-4-6-11(7-5-10)17(3,15)16/h4-7,14H,8-9,13H2,1-3H3. The zero-order valence-corrected chi connectivity index (χ0v) is 11.3. The molecule has 1 aromatic rings. The Balaban J connectivity index is 2.70. The van der Waals surface area contributed by atoms with E-state index in [9.17, 15) is 8.42 Å². The third kappa shape index (κ3) is 4.46. The van der Waals surface area contributed by atoms with E-state index in [1.807, 2.05) is 26.0 Å². The van der Waals surface area contributed by atoms with E-state index in [2.05, 4.69) is 5.32 Å². The monoisotopic (exact) mass is 256 g/mol. The van der Waals surface area contributed by atoms with Crippen LogP contribution in [0, 0.1) is 0 Å². The Morgan fingerprint density at radius 2 is 1.76 bits per heavy atom. The molecule has 0 radical (unpaired) electrons. The summed E-state index contributed by atoms with van der Waals surface area (Å²) < 4.78 is 22.6.